The molecule has 4 aliphatic rings. The summed E-state index contributed by atoms with van der Waals surface area (Å²) in [4.78, 5) is 49.4. The van der Waals surface area contributed by atoms with Gasteiger partial charge in [-0.2, -0.15) is 0 Å². The zero-order valence-corrected chi connectivity index (χ0v) is 28.7. The van der Waals surface area contributed by atoms with Gasteiger partial charge in [-0.25, -0.2) is 28.2 Å². The van der Waals surface area contributed by atoms with Gasteiger partial charge in [-0.1, -0.05) is 0 Å². The lowest BCUT2D eigenvalue weighted by atomic mass is 10.1. The zero-order chi connectivity index (χ0) is 34.3. The van der Waals surface area contributed by atoms with E-state index in [1.165, 1.54) is 11.9 Å². The number of likely N-dealkylation sites (N-methyl/N-ethyl adjacent to an activating group) is 1. The molecular weight excluding hydrogens is 655 g/mol. The molecule has 9 rings (SSSR count). The number of amides is 3. The first-order valence-corrected chi connectivity index (χ1v) is 19.0. The number of sulfone groups is 1. The summed E-state index contributed by atoms with van der Waals surface area (Å²) in [6.07, 6.45) is 9.00. The Bertz CT molecular complexity index is 2320. The highest BCUT2D eigenvalue weighted by atomic mass is 32.2. The van der Waals surface area contributed by atoms with Gasteiger partial charge < -0.3 is 14.6 Å². The van der Waals surface area contributed by atoms with E-state index in [1.807, 2.05) is 41.8 Å². The van der Waals surface area contributed by atoms with Crippen LogP contribution in [0.3, 0.4) is 0 Å². The third kappa shape index (κ3) is 5.60. The number of pyridine rings is 2. The first kappa shape index (κ1) is 30.9. The maximum atomic E-state index is 12.9. The number of hydrogen-bond acceptors (Lipinski definition) is 10. The van der Waals surface area contributed by atoms with Crippen molar-refractivity contribution in [2.45, 2.75) is 50.5 Å². The predicted octanol–water partition coefficient (Wildman–Crippen LogP) is 4.37. The lowest BCUT2D eigenvalue weighted by Crippen LogP contribution is -2.40. The molecule has 256 valence electrons. The number of nitrogens with zero attached hydrogens (tertiary/aromatic N) is 8. The molecule has 50 heavy (non-hydrogen) atoms. The maximum absolute atomic E-state index is 12.9. The van der Waals surface area contributed by atoms with E-state index in [0.717, 1.165) is 74.9 Å². The van der Waals surface area contributed by atoms with Crippen molar-refractivity contribution in [2.24, 2.45) is 0 Å². The topological polar surface area (TPSA) is 146 Å². The number of rotatable bonds is 8. The summed E-state index contributed by atoms with van der Waals surface area (Å²) in [7, 11) is -1.53. The normalized spacial score (nSPS) is 21.8. The standard InChI is InChI=1S/C36H37N9O4S/c1-21-7-8-37-34(39-21)28-15-27(28)30-16-31(43-9-11-50(48,49)12-10-43)26-6-5-24(14-29(26)41-30)38-17-25-19-44-18-23(22-3-4-22)13-32(35(44)40-25)45-20-33(46)42(2)36(45)47/h5-8,13-14,16,18-19,22,27-28,38H,3-4,9-12,15,17,20H2,1-2H3/t27-,28-/m0/s1. The van der Waals surface area contributed by atoms with Crippen LogP contribution in [0.15, 0.2) is 55.0 Å². The van der Waals surface area contributed by atoms with Crippen LogP contribution in [-0.2, 0) is 21.2 Å². The average molecular weight is 692 g/mol. The Morgan fingerprint density at radius 1 is 0.940 bits per heavy atom. The Hall–Kier alpha value is -5.11. The summed E-state index contributed by atoms with van der Waals surface area (Å²) >= 11 is 0. The predicted molar refractivity (Wildman–Crippen MR) is 189 cm³/mol. The van der Waals surface area contributed by atoms with Crippen LogP contribution < -0.4 is 15.1 Å². The van der Waals surface area contributed by atoms with Crippen LogP contribution in [-0.4, -0.2) is 87.8 Å². The van der Waals surface area contributed by atoms with Gasteiger partial charge in [0.05, 0.1) is 34.9 Å². The number of anilines is 3. The van der Waals surface area contributed by atoms with Crippen LogP contribution >= 0.6 is 0 Å². The van der Waals surface area contributed by atoms with Crippen molar-refractivity contribution >= 4 is 55.4 Å². The summed E-state index contributed by atoms with van der Waals surface area (Å²) in [6.45, 7) is 3.30. The molecule has 1 N–H and O–H groups in total. The number of hydrogen-bond donors (Lipinski definition) is 1. The largest absolute Gasteiger partial charge is 0.379 e. The number of fused-ring (bicyclic) bond motifs is 2. The van der Waals surface area contributed by atoms with E-state index in [2.05, 4.69) is 38.5 Å². The van der Waals surface area contributed by atoms with Crippen LogP contribution in [0.4, 0.5) is 21.9 Å². The molecule has 13 nitrogen and oxygen atoms in total. The van der Waals surface area contributed by atoms with E-state index in [4.69, 9.17) is 9.97 Å². The zero-order valence-electron chi connectivity index (χ0n) is 27.9. The van der Waals surface area contributed by atoms with Gasteiger partial charge in [0.25, 0.3) is 0 Å². The number of aromatic nitrogens is 5. The number of aryl methyl sites for hydroxylation is 1. The van der Waals surface area contributed by atoms with E-state index >= 15 is 0 Å². The summed E-state index contributed by atoms with van der Waals surface area (Å²) in [5.41, 5.74) is 7.84. The molecule has 2 aliphatic carbocycles. The molecule has 0 spiro atoms. The molecule has 2 saturated carbocycles. The minimum Gasteiger partial charge on any atom is -0.379 e. The Kier molecular flexibility index (Phi) is 7.09. The Morgan fingerprint density at radius 2 is 1.76 bits per heavy atom. The maximum Gasteiger partial charge on any atom is 0.331 e. The minimum absolute atomic E-state index is 0.000477. The Labute approximate surface area is 289 Å². The molecule has 14 heteroatoms. The summed E-state index contributed by atoms with van der Waals surface area (Å²) in [5, 5.41) is 4.49. The van der Waals surface area contributed by atoms with Crippen LogP contribution in [0.2, 0.25) is 0 Å². The molecule has 2 aliphatic heterocycles. The van der Waals surface area contributed by atoms with Gasteiger partial charge in [-0.15, -0.1) is 0 Å². The van der Waals surface area contributed by atoms with Gasteiger partial charge >= 0.3 is 6.03 Å². The lowest BCUT2D eigenvalue weighted by Gasteiger charge is -2.30. The van der Waals surface area contributed by atoms with Gasteiger partial charge in [0.15, 0.2) is 15.5 Å². The van der Waals surface area contributed by atoms with Crippen molar-refractivity contribution < 1.29 is 18.0 Å². The first-order chi connectivity index (χ1) is 24.1. The van der Waals surface area contributed by atoms with Gasteiger partial charge in [-0.05, 0) is 74.1 Å². The highest BCUT2D eigenvalue weighted by Gasteiger charge is 2.43. The first-order valence-electron chi connectivity index (χ1n) is 17.1. The number of benzene rings is 1. The van der Waals surface area contributed by atoms with E-state index in [-0.39, 0.29) is 41.8 Å². The Balaban J connectivity index is 1.02. The van der Waals surface area contributed by atoms with Crippen molar-refractivity contribution in [2.75, 3.05) is 53.3 Å². The smallest absolute Gasteiger partial charge is 0.331 e. The van der Waals surface area contributed by atoms with Crippen molar-refractivity contribution in [1.82, 2.24) is 29.2 Å². The van der Waals surface area contributed by atoms with Crippen LogP contribution in [0, 0.1) is 6.92 Å². The van der Waals surface area contributed by atoms with Gasteiger partial charge in [0, 0.05) is 78.7 Å². The van der Waals surface area contributed by atoms with E-state index in [9.17, 15) is 18.0 Å². The molecule has 2 atom stereocenters. The quantitative estimate of drug-likeness (QED) is 0.233. The second-order valence-electron chi connectivity index (χ2n) is 14.0. The molecule has 5 aromatic rings. The molecule has 4 aromatic heterocycles. The molecule has 1 aromatic carbocycles. The van der Waals surface area contributed by atoms with Crippen molar-refractivity contribution in [3.8, 4) is 0 Å². The number of nitrogens with one attached hydrogen (secondary N) is 1. The Morgan fingerprint density at radius 3 is 2.50 bits per heavy atom. The molecule has 0 unspecified atom stereocenters. The summed E-state index contributed by atoms with van der Waals surface area (Å²) in [5.74, 6) is 1.72. The number of imide groups is 1. The van der Waals surface area contributed by atoms with E-state index in [0.29, 0.717) is 36.9 Å². The van der Waals surface area contributed by atoms with Crippen LogP contribution in [0.25, 0.3) is 16.6 Å². The van der Waals surface area contributed by atoms with Gasteiger partial charge in [0.1, 0.15) is 12.4 Å². The fourth-order valence-corrected chi connectivity index (χ4v) is 8.45. The molecular formula is C36H37N9O4S. The van der Waals surface area contributed by atoms with Crippen molar-refractivity contribution in [1.29, 1.82) is 0 Å². The molecule has 4 fully saturated rings. The number of urea groups is 1. The van der Waals surface area contributed by atoms with Crippen molar-refractivity contribution in [3.05, 3.63) is 83.5 Å². The molecule has 3 amide bonds. The second-order valence-corrected chi connectivity index (χ2v) is 16.3. The lowest BCUT2D eigenvalue weighted by molar-refractivity contribution is -0.123. The third-order valence-electron chi connectivity index (χ3n) is 10.4. The second kappa shape index (κ2) is 11.5. The van der Waals surface area contributed by atoms with Crippen LogP contribution in [0.1, 0.15) is 65.5 Å². The average Bonchev–Trinajstić information content (AvgIpc) is 4.04. The van der Waals surface area contributed by atoms with Crippen molar-refractivity contribution in [3.63, 3.8) is 0 Å². The minimum atomic E-state index is -3.04. The fraction of sp³-hybridized carbons (Fsp3) is 0.389. The fourth-order valence-electron chi connectivity index (χ4n) is 7.25. The van der Waals surface area contributed by atoms with Gasteiger partial charge in [0.2, 0.25) is 5.91 Å². The molecule has 6 heterocycles. The monoisotopic (exact) mass is 691 g/mol. The summed E-state index contributed by atoms with van der Waals surface area (Å²) in [6, 6.07) is 11.8. The van der Waals surface area contributed by atoms with Crippen LogP contribution in [0.5, 0.6) is 0 Å². The highest BCUT2D eigenvalue weighted by Crippen LogP contribution is 2.54. The summed E-state index contributed by atoms with van der Waals surface area (Å²) < 4.78 is 26.5. The molecule has 0 radical (unpaired) electrons. The molecule has 0 bridgehead atoms. The van der Waals surface area contributed by atoms with E-state index in [1.54, 1.807) is 6.20 Å². The SMILES string of the molecule is Cc1ccnc([C@H]2C[C@@H]2c2cc(N3CCS(=O)(=O)CC3)c3ccc(NCc4cn5cc(C6CC6)cc(N6CC(=O)N(C)C6=O)c5n4)cc3n2)n1. The highest BCUT2D eigenvalue weighted by molar-refractivity contribution is 7.91. The van der Waals surface area contributed by atoms with E-state index < -0.39 is 9.84 Å². The number of carbonyl (C=O) groups excluding carboxylic acids is 2. The van der Waals surface area contributed by atoms with Gasteiger partial charge in [-0.3, -0.25) is 19.6 Å². The molecule has 2 saturated heterocycles. The number of carbonyl (C=O) groups is 2. The third-order valence-corrected chi connectivity index (χ3v) is 12.0. The number of imidazole rings is 1.